The number of carbonyl (C=O) groups is 1. The quantitative estimate of drug-likeness (QED) is 0.734. The van der Waals surface area contributed by atoms with E-state index in [2.05, 4.69) is 4.98 Å². The van der Waals surface area contributed by atoms with Crippen LogP contribution in [0.5, 0.6) is 0 Å². The Labute approximate surface area is 90.1 Å². The van der Waals surface area contributed by atoms with Gasteiger partial charge < -0.3 is 0 Å². The van der Waals surface area contributed by atoms with Crippen molar-refractivity contribution in [3.8, 4) is 0 Å². The number of imidazole rings is 1. The van der Waals surface area contributed by atoms with Gasteiger partial charge in [0.1, 0.15) is 10.6 Å². The van der Waals surface area contributed by atoms with Crippen molar-refractivity contribution in [1.82, 2.24) is 9.38 Å². The Hall–Kier alpha value is -1.08. The van der Waals surface area contributed by atoms with Crippen LogP contribution in [-0.2, 0) is 6.18 Å². The lowest BCUT2D eigenvalue weighted by Crippen LogP contribution is -2.01. The molecule has 0 fully saturated rings. The van der Waals surface area contributed by atoms with E-state index in [4.69, 9.17) is 11.6 Å². The van der Waals surface area contributed by atoms with Gasteiger partial charge in [0.2, 0.25) is 0 Å². The molecule has 0 radical (unpaired) electrons. The van der Waals surface area contributed by atoms with Gasteiger partial charge in [0.05, 0.1) is 0 Å². The third-order valence-corrected chi connectivity index (χ3v) is 2.87. The Morgan fingerprint density at radius 3 is 2.60 bits per heavy atom. The van der Waals surface area contributed by atoms with Crippen molar-refractivity contribution in [3.63, 3.8) is 0 Å². The molecule has 3 nitrogen and oxygen atoms in total. The van der Waals surface area contributed by atoms with Crippen molar-refractivity contribution in [3.05, 3.63) is 23.0 Å². The maximum absolute atomic E-state index is 12.2. The first kappa shape index (κ1) is 10.4. The minimum atomic E-state index is -4.39. The van der Waals surface area contributed by atoms with E-state index in [1.807, 2.05) is 0 Å². The lowest BCUT2D eigenvalue weighted by atomic mass is 10.5. The molecule has 15 heavy (non-hydrogen) atoms. The molecule has 2 rings (SSSR count). The molecule has 0 bridgehead atoms. The fraction of sp³-hybridized carbons (Fsp3) is 0.143. The summed E-state index contributed by atoms with van der Waals surface area (Å²) in [6.07, 6.45) is -2.36. The number of hydrogen-bond donors (Lipinski definition) is 0. The molecule has 8 heteroatoms. The van der Waals surface area contributed by atoms with Gasteiger partial charge in [0.25, 0.3) is 5.24 Å². The second kappa shape index (κ2) is 3.21. The molecule has 0 aliphatic carbocycles. The zero-order valence-electron chi connectivity index (χ0n) is 6.88. The van der Waals surface area contributed by atoms with Gasteiger partial charge in [-0.2, -0.15) is 13.2 Å². The van der Waals surface area contributed by atoms with Crippen molar-refractivity contribution in [2.24, 2.45) is 0 Å². The van der Waals surface area contributed by atoms with Crippen LogP contribution in [0.3, 0.4) is 0 Å². The van der Waals surface area contributed by atoms with Crippen LogP contribution >= 0.6 is 22.9 Å². The standard InChI is InChI=1S/C7H2ClF3N2OS/c8-5(14)3-1-13-2-4(7(9,10)11)15-6(13)12-3/h1-2H. The third-order valence-electron chi connectivity index (χ3n) is 1.64. The lowest BCUT2D eigenvalue weighted by Gasteiger charge is -1.99. The fourth-order valence-corrected chi connectivity index (χ4v) is 1.95. The molecular formula is C7H2ClF3N2OS. The monoisotopic (exact) mass is 254 g/mol. The maximum atomic E-state index is 12.2. The molecule has 0 aromatic carbocycles. The molecule has 0 amide bonds. The molecule has 2 aromatic heterocycles. The number of thiazole rings is 1. The summed E-state index contributed by atoms with van der Waals surface area (Å²) in [6.45, 7) is 0. The Morgan fingerprint density at radius 2 is 2.13 bits per heavy atom. The Balaban J connectivity index is 2.52. The average Bonchev–Trinajstić information content (AvgIpc) is 2.55. The molecule has 0 unspecified atom stereocenters. The van der Waals surface area contributed by atoms with E-state index >= 15 is 0 Å². The highest BCUT2D eigenvalue weighted by Gasteiger charge is 2.33. The second-order valence-corrected chi connectivity index (χ2v) is 4.04. The highest BCUT2D eigenvalue weighted by molar-refractivity contribution is 7.17. The zero-order valence-corrected chi connectivity index (χ0v) is 8.45. The number of nitrogens with zero attached hydrogens (tertiary/aromatic N) is 2. The van der Waals surface area contributed by atoms with Crippen LogP contribution < -0.4 is 0 Å². The van der Waals surface area contributed by atoms with Gasteiger partial charge in [-0.1, -0.05) is 11.3 Å². The molecule has 80 valence electrons. The van der Waals surface area contributed by atoms with Gasteiger partial charge in [-0.05, 0) is 11.6 Å². The number of carbonyl (C=O) groups excluding carboxylic acids is 1. The van der Waals surface area contributed by atoms with Gasteiger partial charge in [0.15, 0.2) is 4.96 Å². The molecular weight excluding hydrogens is 253 g/mol. The van der Waals surface area contributed by atoms with Crippen molar-refractivity contribution in [2.75, 3.05) is 0 Å². The summed E-state index contributed by atoms with van der Waals surface area (Å²) in [7, 11) is 0. The molecule has 0 aliphatic heterocycles. The van der Waals surface area contributed by atoms with Crippen molar-refractivity contribution < 1.29 is 18.0 Å². The largest absolute Gasteiger partial charge is 0.427 e. The molecule has 0 aliphatic rings. The number of aromatic nitrogens is 2. The van der Waals surface area contributed by atoms with Crippen molar-refractivity contribution in [1.29, 1.82) is 0 Å². The summed E-state index contributed by atoms with van der Waals surface area (Å²) in [5.41, 5.74) is -0.0587. The van der Waals surface area contributed by atoms with E-state index in [-0.39, 0.29) is 10.7 Å². The van der Waals surface area contributed by atoms with Crippen molar-refractivity contribution >= 4 is 33.1 Å². The van der Waals surface area contributed by atoms with E-state index < -0.39 is 16.3 Å². The first-order valence-electron chi connectivity index (χ1n) is 3.63. The molecule has 0 atom stereocenters. The highest BCUT2D eigenvalue weighted by atomic mass is 35.5. The van der Waals surface area contributed by atoms with E-state index in [1.54, 1.807) is 0 Å². The normalized spacial score (nSPS) is 12.3. The van der Waals surface area contributed by atoms with Gasteiger partial charge in [-0.15, -0.1) is 0 Å². The van der Waals surface area contributed by atoms with Gasteiger partial charge in [-0.3, -0.25) is 9.20 Å². The first-order valence-corrected chi connectivity index (χ1v) is 4.83. The summed E-state index contributed by atoms with van der Waals surface area (Å²) < 4.78 is 37.8. The smallest absolute Gasteiger partial charge is 0.296 e. The number of hydrogen-bond acceptors (Lipinski definition) is 3. The van der Waals surface area contributed by atoms with Crippen LogP contribution in [-0.4, -0.2) is 14.6 Å². The van der Waals surface area contributed by atoms with E-state index in [1.165, 1.54) is 0 Å². The van der Waals surface area contributed by atoms with Crippen LogP contribution in [0.4, 0.5) is 13.2 Å². The Kier molecular flexibility index (Phi) is 2.23. The minimum Gasteiger partial charge on any atom is -0.296 e. The molecule has 0 saturated heterocycles. The summed E-state index contributed by atoms with van der Waals surface area (Å²) in [6, 6.07) is 0. The van der Waals surface area contributed by atoms with E-state index in [0.29, 0.717) is 11.3 Å². The molecule has 0 N–H and O–H groups in total. The van der Waals surface area contributed by atoms with Gasteiger partial charge in [-0.25, -0.2) is 4.98 Å². The number of fused-ring (bicyclic) bond motifs is 1. The van der Waals surface area contributed by atoms with Crippen LogP contribution in [0.2, 0.25) is 0 Å². The second-order valence-electron chi connectivity index (χ2n) is 2.68. The van der Waals surface area contributed by atoms with Gasteiger partial charge in [0, 0.05) is 12.4 Å². The predicted molar refractivity (Wildman–Crippen MR) is 48.3 cm³/mol. The Morgan fingerprint density at radius 1 is 1.47 bits per heavy atom. The van der Waals surface area contributed by atoms with Crippen LogP contribution in [0, 0.1) is 0 Å². The van der Waals surface area contributed by atoms with Crippen LogP contribution in [0.15, 0.2) is 12.4 Å². The Bertz CT molecular complexity index is 498. The number of halogens is 4. The summed E-state index contributed by atoms with van der Waals surface area (Å²) >= 11 is 5.59. The topological polar surface area (TPSA) is 34.4 Å². The van der Waals surface area contributed by atoms with E-state index in [9.17, 15) is 18.0 Å². The molecule has 0 saturated carbocycles. The lowest BCUT2D eigenvalue weighted by molar-refractivity contribution is -0.134. The molecule has 0 spiro atoms. The third kappa shape index (κ3) is 1.84. The predicted octanol–water partition coefficient (Wildman–Crippen LogP) is 2.79. The van der Waals surface area contributed by atoms with Crippen LogP contribution in [0.25, 0.3) is 4.96 Å². The van der Waals surface area contributed by atoms with Crippen LogP contribution in [0.1, 0.15) is 15.4 Å². The molecule has 2 heterocycles. The minimum absolute atomic E-state index is 0.0587. The van der Waals surface area contributed by atoms with Crippen molar-refractivity contribution in [2.45, 2.75) is 6.18 Å². The average molecular weight is 255 g/mol. The first-order chi connectivity index (χ1) is 6.88. The fourth-order valence-electron chi connectivity index (χ4n) is 1.02. The van der Waals surface area contributed by atoms with Gasteiger partial charge >= 0.3 is 6.18 Å². The SMILES string of the molecule is O=C(Cl)c1cn2cc(C(F)(F)F)sc2n1. The number of rotatable bonds is 1. The summed E-state index contributed by atoms with van der Waals surface area (Å²) in [5.74, 6) is 0. The highest BCUT2D eigenvalue weighted by Crippen LogP contribution is 2.34. The summed E-state index contributed by atoms with van der Waals surface area (Å²) in [5, 5.41) is -0.792. The van der Waals surface area contributed by atoms with E-state index in [0.717, 1.165) is 16.8 Å². The summed E-state index contributed by atoms with van der Waals surface area (Å²) in [4.78, 5) is 13.6. The molecule has 2 aromatic rings. The zero-order chi connectivity index (χ0) is 11.2. The number of alkyl halides is 3. The maximum Gasteiger partial charge on any atom is 0.427 e.